The minimum Gasteiger partial charge on any atom is -0.481 e. The zero-order valence-corrected chi connectivity index (χ0v) is 10.5. The highest BCUT2D eigenvalue weighted by Gasteiger charge is 2.10. The Balaban J connectivity index is 2.34. The summed E-state index contributed by atoms with van der Waals surface area (Å²) in [7, 11) is 0. The Kier molecular flexibility index (Phi) is 3.89. The molecule has 2 aromatic rings. The number of benzene rings is 1. The summed E-state index contributed by atoms with van der Waals surface area (Å²) in [5, 5.41) is 16.3. The van der Waals surface area contributed by atoms with Gasteiger partial charge in [-0.25, -0.2) is 4.39 Å². The van der Waals surface area contributed by atoms with Gasteiger partial charge in [0.1, 0.15) is 18.0 Å². The third kappa shape index (κ3) is 2.96. The van der Waals surface area contributed by atoms with Crippen LogP contribution in [-0.4, -0.2) is 25.8 Å². The molecule has 0 saturated heterocycles. The van der Waals surface area contributed by atoms with E-state index in [2.05, 4.69) is 10.2 Å². The van der Waals surface area contributed by atoms with E-state index in [-0.39, 0.29) is 12.2 Å². The van der Waals surface area contributed by atoms with Gasteiger partial charge >= 0.3 is 5.97 Å². The van der Waals surface area contributed by atoms with Crippen LogP contribution in [0.15, 0.2) is 24.5 Å². The first-order valence-electron chi connectivity index (χ1n) is 6.01. The molecular formula is C13H14FN3O2. The van der Waals surface area contributed by atoms with Crippen LogP contribution in [0.25, 0.3) is 5.69 Å². The highest BCUT2D eigenvalue weighted by molar-refractivity contribution is 5.67. The fourth-order valence-electron chi connectivity index (χ4n) is 1.85. The lowest BCUT2D eigenvalue weighted by Crippen LogP contribution is -2.04. The van der Waals surface area contributed by atoms with Crippen molar-refractivity contribution in [3.63, 3.8) is 0 Å². The molecule has 1 aromatic heterocycles. The summed E-state index contributed by atoms with van der Waals surface area (Å²) in [6, 6.07) is 4.57. The van der Waals surface area contributed by atoms with E-state index in [0.717, 1.165) is 5.56 Å². The van der Waals surface area contributed by atoms with Crippen molar-refractivity contribution in [1.29, 1.82) is 0 Å². The van der Waals surface area contributed by atoms with Crippen LogP contribution in [0.4, 0.5) is 4.39 Å². The number of hydrogen-bond acceptors (Lipinski definition) is 3. The van der Waals surface area contributed by atoms with Crippen LogP contribution in [0.5, 0.6) is 0 Å². The molecule has 0 unspecified atom stereocenters. The second-order valence-electron chi connectivity index (χ2n) is 4.15. The minimum absolute atomic E-state index is 0.0217. The lowest BCUT2D eigenvalue weighted by Gasteiger charge is -2.08. The van der Waals surface area contributed by atoms with Crippen LogP contribution in [0.2, 0.25) is 0 Å². The Hall–Kier alpha value is -2.24. The van der Waals surface area contributed by atoms with Crippen molar-refractivity contribution in [2.45, 2.75) is 26.2 Å². The standard InChI is InChI=1S/C13H14FN3O2/c1-2-12-16-15-8-17(12)11-7-9(3-5-10(11)14)4-6-13(18)19/h3,5,7-8H,2,4,6H2,1H3,(H,18,19). The third-order valence-corrected chi connectivity index (χ3v) is 2.83. The maximum Gasteiger partial charge on any atom is 0.303 e. The Bertz CT molecular complexity index is 595. The summed E-state index contributed by atoms with van der Waals surface area (Å²) in [4.78, 5) is 10.6. The Morgan fingerprint density at radius 2 is 2.26 bits per heavy atom. The molecule has 6 heteroatoms. The maximum absolute atomic E-state index is 13.9. The van der Waals surface area contributed by atoms with Crippen LogP contribution in [0.1, 0.15) is 24.7 Å². The zero-order valence-electron chi connectivity index (χ0n) is 10.5. The number of carboxylic acids is 1. The Labute approximate surface area is 109 Å². The monoisotopic (exact) mass is 263 g/mol. The number of aliphatic carboxylic acids is 1. The van der Waals surface area contributed by atoms with Gasteiger partial charge < -0.3 is 5.11 Å². The molecule has 0 aliphatic heterocycles. The van der Waals surface area contributed by atoms with Crippen molar-refractivity contribution in [2.75, 3.05) is 0 Å². The van der Waals surface area contributed by atoms with E-state index in [1.54, 1.807) is 16.7 Å². The molecule has 0 saturated carbocycles. The average molecular weight is 263 g/mol. The van der Waals surface area contributed by atoms with Crippen LogP contribution in [-0.2, 0) is 17.6 Å². The first-order valence-corrected chi connectivity index (χ1v) is 6.01. The molecule has 1 N–H and O–H groups in total. The molecule has 1 heterocycles. The first-order chi connectivity index (χ1) is 9.11. The van der Waals surface area contributed by atoms with E-state index in [9.17, 15) is 9.18 Å². The van der Waals surface area contributed by atoms with Crippen molar-refractivity contribution < 1.29 is 14.3 Å². The van der Waals surface area contributed by atoms with Crippen molar-refractivity contribution in [3.8, 4) is 5.69 Å². The van der Waals surface area contributed by atoms with Gasteiger partial charge in [-0.05, 0) is 24.1 Å². The van der Waals surface area contributed by atoms with E-state index in [4.69, 9.17) is 5.11 Å². The number of aromatic nitrogens is 3. The predicted molar refractivity (Wildman–Crippen MR) is 66.7 cm³/mol. The fraction of sp³-hybridized carbons (Fsp3) is 0.308. The Morgan fingerprint density at radius 3 is 2.95 bits per heavy atom. The molecule has 0 aliphatic rings. The van der Waals surface area contributed by atoms with Crippen molar-refractivity contribution in [1.82, 2.24) is 14.8 Å². The Morgan fingerprint density at radius 1 is 1.47 bits per heavy atom. The maximum atomic E-state index is 13.9. The summed E-state index contributed by atoms with van der Waals surface area (Å²) in [6.07, 6.45) is 2.48. The SMILES string of the molecule is CCc1nncn1-c1cc(CCC(=O)O)ccc1F. The van der Waals surface area contributed by atoms with E-state index in [0.29, 0.717) is 24.4 Å². The van der Waals surface area contributed by atoms with Crippen LogP contribution < -0.4 is 0 Å². The molecular weight excluding hydrogens is 249 g/mol. The molecule has 0 bridgehead atoms. The largest absolute Gasteiger partial charge is 0.481 e. The third-order valence-electron chi connectivity index (χ3n) is 2.83. The minimum atomic E-state index is -0.871. The first kappa shape index (κ1) is 13.2. The van der Waals surface area contributed by atoms with E-state index in [1.165, 1.54) is 12.4 Å². The molecule has 1 aromatic carbocycles. The molecule has 0 radical (unpaired) electrons. The molecule has 0 amide bonds. The lowest BCUT2D eigenvalue weighted by molar-refractivity contribution is -0.136. The molecule has 2 rings (SSSR count). The molecule has 0 atom stereocenters. The van der Waals surface area contributed by atoms with Crippen LogP contribution >= 0.6 is 0 Å². The summed E-state index contributed by atoms with van der Waals surface area (Å²) in [5.74, 6) is -0.590. The molecule has 5 nitrogen and oxygen atoms in total. The number of nitrogens with zero attached hydrogens (tertiary/aromatic N) is 3. The fourth-order valence-corrected chi connectivity index (χ4v) is 1.85. The zero-order chi connectivity index (χ0) is 13.8. The number of carboxylic acid groups (broad SMARTS) is 1. The normalized spacial score (nSPS) is 10.6. The van der Waals surface area contributed by atoms with Crippen LogP contribution in [0.3, 0.4) is 0 Å². The lowest BCUT2D eigenvalue weighted by atomic mass is 10.1. The number of carbonyl (C=O) groups is 1. The second-order valence-corrected chi connectivity index (χ2v) is 4.15. The molecule has 0 spiro atoms. The second kappa shape index (κ2) is 5.60. The smallest absolute Gasteiger partial charge is 0.303 e. The highest BCUT2D eigenvalue weighted by atomic mass is 19.1. The van der Waals surface area contributed by atoms with Gasteiger partial charge in [-0.15, -0.1) is 10.2 Å². The number of halogens is 1. The summed E-state index contributed by atoms with van der Waals surface area (Å²) < 4.78 is 15.4. The summed E-state index contributed by atoms with van der Waals surface area (Å²) in [5.41, 5.74) is 1.12. The van der Waals surface area contributed by atoms with Crippen molar-refractivity contribution >= 4 is 5.97 Å². The highest BCUT2D eigenvalue weighted by Crippen LogP contribution is 2.18. The number of hydrogen-bond donors (Lipinski definition) is 1. The van der Waals surface area contributed by atoms with E-state index in [1.807, 2.05) is 6.92 Å². The van der Waals surface area contributed by atoms with Gasteiger partial charge in [-0.1, -0.05) is 13.0 Å². The topological polar surface area (TPSA) is 68.0 Å². The van der Waals surface area contributed by atoms with Gasteiger partial charge in [-0.3, -0.25) is 9.36 Å². The van der Waals surface area contributed by atoms with Gasteiger partial charge in [-0.2, -0.15) is 0 Å². The van der Waals surface area contributed by atoms with Gasteiger partial charge in [0, 0.05) is 12.8 Å². The van der Waals surface area contributed by atoms with E-state index >= 15 is 0 Å². The van der Waals surface area contributed by atoms with Crippen molar-refractivity contribution in [2.24, 2.45) is 0 Å². The average Bonchev–Trinajstić information content (AvgIpc) is 2.85. The van der Waals surface area contributed by atoms with Gasteiger partial charge in [0.15, 0.2) is 0 Å². The summed E-state index contributed by atoms with van der Waals surface area (Å²) >= 11 is 0. The molecule has 100 valence electrons. The van der Waals surface area contributed by atoms with Gasteiger partial charge in [0.2, 0.25) is 0 Å². The molecule has 0 aliphatic carbocycles. The number of aryl methyl sites for hydroxylation is 2. The predicted octanol–water partition coefficient (Wildman–Crippen LogP) is 1.99. The van der Waals surface area contributed by atoms with Crippen molar-refractivity contribution in [3.05, 3.63) is 41.7 Å². The summed E-state index contributed by atoms with van der Waals surface area (Å²) in [6.45, 7) is 1.91. The van der Waals surface area contributed by atoms with Gasteiger partial charge in [0.25, 0.3) is 0 Å². The number of rotatable bonds is 5. The molecule has 0 fully saturated rings. The van der Waals surface area contributed by atoms with Gasteiger partial charge in [0.05, 0.1) is 5.69 Å². The quantitative estimate of drug-likeness (QED) is 0.895. The van der Waals surface area contributed by atoms with E-state index < -0.39 is 5.97 Å². The van der Waals surface area contributed by atoms with Crippen LogP contribution in [0, 0.1) is 5.82 Å². The molecule has 19 heavy (non-hydrogen) atoms.